The highest BCUT2D eigenvalue weighted by Crippen LogP contribution is 2.21. The van der Waals surface area contributed by atoms with E-state index in [9.17, 15) is 13.2 Å². The van der Waals surface area contributed by atoms with Crippen molar-refractivity contribution in [2.24, 2.45) is 0 Å². The zero-order valence-electron chi connectivity index (χ0n) is 14.3. The first-order chi connectivity index (χ1) is 11.7. The van der Waals surface area contributed by atoms with Crippen LogP contribution in [0, 0.1) is 0 Å². The Morgan fingerprint density at radius 1 is 1.08 bits per heavy atom. The fraction of sp³-hybridized carbons (Fsp3) is 0.278. The molecule has 2 rings (SSSR count). The van der Waals surface area contributed by atoms with E-state index in [0.717, 1.165) is 10.7 Å². The Kier molecular flexibility index (Phi) is 6.24. The number of carbonyl (C=O) groups excluding carboxylic acids is 1. The second kappa shape index (κ2) is 8.01. The average molecular weight is 426 g/mol. The number of nitrogens with zero attached hydrogens (tertiary/aromatic N) is 1. The van der Waals surface area contributed by atoms with Crippen LogP contribution in [0.3, 0.4) is 0 Å². The normalized spacial score (nSPS) is 11.4. The first-order valence-electron chi connectivity index (χ1n) is 7.69. The molecular weight excluding hydrogens is 406 g/mol. The predicted molar refractivity (Wildman–Crippen MR) is 102 cm³/mol. The monoisotopic (exact) mass is 425 g/mol. The van der Waals surface area contributed by atoms with Crippen LogP contribution in [0.25, 0.3) is 0 Å². The van der Waals surface area contributed by atoms with Crippen molar-refractivity contribution in [3.8, 4) is 5.75 Å². The Morgan fingerprint density at radius 3 is 2.12 bits per heavy atom. The van der Waals surface area contributed by atoms with Crippen molar-refractivity contribution in [3.05, 3.63) is 53.0 Å². The van der Waals surface area contributed by atoms with Gasteiger partial charge >= 0.3 is 0 Å². The number of anilines is 1. The molecule has 134 valence electrons. The van der Waals surface area contributed by atoms with Gasteiger partial charge in [-0.15, -0.1) is 0 Å². The lowest BCUT2D eigenvalue weighted by molar-refractivity contribution is -0.120. The van der Waals surface area contributed by atoms with Crippen molar-refractivity contribution in [3.63, 3.8) is 0 Å². The number of ether oxygens (including phenoxy) is 1. The summed E-state index contributed by atoms with van der Waals surface area (Å²) in [6, 6.07) is 13.4. The van der Waals surface area contributed by atoms with Gasteiger partial charge in [0.15, 0.2) is 16.4 Å². The van der Waals surface area contributed by atoms with E-state index in [1.807, 2.05) is 26.0 Å². The Morgan fingerprint density at radius 2 is 1.64 bits per heavy atom. The van der Waals surface area contributed by atoms with Gasteiger partial charge in [0, 0.05) is 22.5 Å². The Hall–Kier alpha value is -1.86. The molecule has 0 N–H and O–H groups in total. The smallest absolute Gasteiger partial charge is 0.265 e. The van der Waals surface area contributed by atoms with Gasteiger partial charge in [-0.25, -0.2) is 8.42 Å². The summed E-state index contributed by atoms with van der Waals surface area (Å²) in [5, 5.41) is 0. The molecule has 0 bridgehead atoms. The minimum atomic E-state index is -3.27. The van der Waals surface area contributed by atoms with Crippen LogP contribution in [0.15, 0.2) is 57.9 Å². The second-order valence-electron chi connectivity index (χ2n) is 5.87. The highest BCUT2D eigenvalue weighted by atomic mass is 79.9. The highest BCUT2D eigenvalue weighted by molar-refractivity contribution is 9.10. The van der Waals surface area contributed by atoms with E-state index in [-0.39, 0.29) is 23.5 Å². The summed E-state index contributed by atoms with van der Waals surface area (Å²) in [7, 11) is -3.27. The number of sulfone groups is 1. The zero-order chi connectivity index (χ0) is 18.6. The molecule has 0 heterocycles. The first-order valence-corrected chi connectivity index (χ1v) is 10.4. The molecule has 0 radical (unpaired) electrons. The molecule has 0 saturated carbocycles. The van der Waals surface area contributed by atoms with Crippen molar-refractivity contribution < 1.29 is 17.9 Å². The van der Waals surface area contributed by atoms with Gasteiger partial charge in [0.2, 0.25) is 0 Å². The molecule has 2 aromatic carbocycles. The van der Waals surface area contributed by atoms with Gasteiger partial charge in [-0.2, -0.15) is 0 Å². The van der Waals surface area contributed by atoms with Gasteiger partial charge in [-0.3, -0.25) is 4.79 Å². The summed E-state index contributed by atoms with van der Waals surface area (Å²) < 4.78 is 29.6. The first kappa shape index (κ1) is 19.5. The van der Waals surface area contributed by atoms with Gasteiger partial charge in [0.05, 0.1) is 4.90 Å². The van der Waals surface area contributed by atoms with Gasteiger partial charge in [-0.05, 0) is 62.4 Å². The number of hydrogen-bond acceptors (Lipinski definition) is 4. The van der Waals surface area contributed by atoms with Crippen LogP contribution in [0.5, 0.6) is 5.75 Å². The minimum Gasteiger partial charge on any atom is -0.484 e. The Bertz CT molecular complexity index is 830. The Balaban J connectivity index is 2.14. The standard InChI is InChI=1S/C18H20BrNO4S/c1-13(2)20(15-6-10-17(11-7-15)25(3,22)23)18(21)12-24-16-8-4-14(19)5-9-16/h4-11,13H,12H2,1-3H3. The number of amides is 1. The van der Waals surface area contributed by atoms with E-state index < -0.39 is 9.84 Å². The third kappa shape index (κ3) is 5.31. The van der Waals surface area contributed by atoms with Gasteiger partial charge in [0.1, 0.15) is 5.75 Å². The fourth-order valence-electron chi connectivity index (χ4n) is 2.33. The topological polar surface area (TPSA) is 63.7 Å². The van der Waals surface area contributed by atoms with Crippen LogP contribution in [0.2, 0.25) is 0 Å². The molecule has 0 fully saturated rings. The lowest BCUT2D eigenvalue weighted by atomic mass is 10.2. The number of carbonyl (C=O) groups is 1. The molecule has 0 spiro atoms. The largest absolute Gasteiger partial charge is 0.484 e. The summed E-state index contributed by atoms with van der Waals surface area (Å²) in [5.74, 6) is 0.401. The summed E-state index contributed by atoms with van der Waals surface area (Å²) in [5.41, 5.74) is 0.631. The second-order valence-corrected chi connectivity index (χ2v) is 8.80. The third-order valence-corrected chi connectivity index (χ3v) is 5.16. The lowest BCUT2D eigenvalue weighted by Crippen LogP contribution is -2.40. The van der Waals surface area contributed by atoms with Crippen LogP contribution in [0.1, 0.15) is 13.8 Å². The van der Waals surface area contributed by atoms with Crippen molar-refractivity contribution >= 4 is 37.4 Å². The minimum absolute atomic E-state index is 0.0925. The van der Waals surface area contributed by atoms with Gasteiger partial charge in [0.25, 0.3) is 5.91 Å². The summed E-state index contributed by atoms with van der Waals surface area (Å²) >= 11 is 3.34. The van der Waals surface area contributed by atoms with E-state index >= 15 is 0 Å². The molecule has 7 heteroatoms. The molecule has 0 aromatic heterocycles. The number of halogens is 1. The molecule has 0 aliphatic rings. The van der Waals surface area contributed by atoms with Gasteiger partial charge in [-0.1, -0.05) is 15.9 Å². The lowest BCUT2D eigenvalue weighted by Gasteiger charge is -2.27. The van der Waals surface area contributed by atoms with Crippen molar-refractivity contribution in [2.45, 2.75) is 24.8 Å². The molecule has 1 amide bonds. The quantitative estimate of drug-likeness (QED) is 0.707. The summed E-state index contributed by atoms with van der Waals surface area (Å²) in [4.78, 5) is 14.4. The third-order valence-electron chi connectivity index (χ3n) is 3.50. The molecular formula is C18H20BrNO4S. The van der Waals surface area contributed by atoms with Crippen LogP contribution in [-0.2, 0) is 14.6 Å². The van der Waals surface area contributed by atoms with E-state index in [1.165, 1.54) is 12.1 Å². The van der Waals surface area contributed by atoms with Crippen LogP contribution in [-0.4, -0.2) is 33.2 Å². The van der Waals surface area contributed by atoms with E-state index in [1.54, 1.807) is 29.2 Å². The van der Waals surface area contributed by atoms with Crippen molar-refractivity contribution in [1.29, 1.82) is 0 Å². The molecule has 0 aliphatic heterocycles. The van der Waals surface area contributed by atoms with E-state index in [0.29, 0.717) is 11.4 Å². The van der Waals surface area contributed by atoms with E-state index in [2.05, 4.69) is 15.9 Å². The average Bonchev–Trinajstić information content (AvgIpc) is 2.54. The summed E-state index contributed by atoms with van der Waals surface area (Å²) in [6.07, 6.45) is 1.15. The van der Waals surface area contributed by atoms with Crippen molar-refractivity contribution in [1.82, 2.24) is 0 Å². The van der Waals surface area contributed by atoms with Crippen LogP contribution in [0.4, 0.5) is 5.69 Å². The number of rotatable bonds is 6. The number of benzene rings is 2. The maximum atomic E-state index is 12.6. The molecule has 25 heavy (non-hydrogen) atoms. The maximum absolute atomic E-state index is 12.6. The number of hydrogen-bond donors (Lipinski definition) is 0. The molecule has 0 saturated heterocycles. The predicted octanol–water partition coefficient (Wildman–Crippen LogP) is 3.67. The maximum Gasteiger partial charge on any atom is 0.265 e. The summed E-state index contributed by atoms with van der Waals surface area (Å²) in [6.45, 7) is 3.68. The van der Waals surface area contributed by atoms with Crippen molar-refractivity contribution in [2.75, 3.05) is 17.8 Å². The molecule has 2 aromatic rings. The molecule has 0 unspecified atom stereocenters. The van der Waals surface area contributed by atoms with Gasteiger partial charge < -0.3 is 9.64 Å². The van der Waals surface area contributed by atoms with Crippen LogP contribution >= 0.6 is 15.9 Å². The van der Waals surface area contributed by atoms with E-state index in [4.69, 9.17) is 4.74 Å². The molecule has 5 nitrogen and oxygen atoms in total. The fourth-order valence-corrected chi connectivity index (χ4v) is 3.22. The molecule has 0 aliphatic carbocycles. The van der Waals surface area contributed by atoms with Crippen LogP contribution < -0.4 is 9.64 Å². The SMILES string of the molecule is CC(C)N(C(=O)COc1ccc(Br)cc1)c1ccc(S(C)(=O)=O)cc1. The molecule has 0 atom stereocenters. The zero-order valence-corrected chi connectivity index (χ0v) is 16.7. The Labute approximate surface area is 156 Å². The highest BCUT2D eigenvalue weighted by Gasteiger charge is 2.20.